The molecule has 3 aliphatic carbocycles. The quantitative estimate of drug-likeness (QED) is 0.254. The molecule has 1 saturated carbocycles. The monoisotopic (exact) mass is 665 g/mol. The lowest BCUT2D eigenvalue weighted by Crippen LogP contribution is -2.58. The van der Waals surface area contributed by atoms with Crippen LogP contribution in [0.4, 0.5) is 0 Å². The third-order valence-electron chi connectivity index (χ3n) is 10.6. The molecule has 0 radical (unpaired) electrons. The number of carboxylic acid groups (broad SMARTS) is 1. The van der Waals surface area contributed by atoms with Crippen LogP contribution in [0.3, 0.4) is 0 Å². The van der Waals surface area contributed by atoms with E-state index >= 15 is 4.79 Å². The number of phenols is 1. The van der Waals surface area contributed by atoms with Gasteiger partial charge in [0.15, 0.2) is 23.1 Å². The van der Waals surface area contributed by atoms with Crippen molar-refractivity contribution in [3.8, 4) is 11.5 Å². The van der Waals surface area contributed by atoms with E-state index in [0.29, 0.717) is 16.7 Å². The fourth-order valence-corrected chi connectivity index (χ4v) is 8.88. The number of allylic oxidation sites excluding steroid dienone is 4. The smallest absolute Gasteiger partial charge is 0.305 e. The van der Waals surface area contributed by atoms with Gasteiger partial charge in [0.1, 0.15) is 0 Å². The summed E-state index contributed by atoms with van der Waals surface area (Å²) >= 11 is 6.57. The first-order valence-corrected chi connectivity index (χ1v) is 16.2. The van der Waals surface area contributed by atoms with Crippen molar-refractivity contribution in [3.63, 3.8) is 0 Å². The Morgan fingerprint density at radius 1 is 0.979 bits per heavy atom. The van der Waals surface area contributed by atoms with Gasteiger partial charge in [-0.1, -0.05) is 83.9 Å². The Hall–Kier alpha value is -5.02. The second kappa shape index (κ2) is 11.9. The van der Waals surface area contributed by atoms with Crippen molar-refractivity contribution in [1.29, 1.82) is 0 Å². The van der Waals surface area contributed by atoms with Gasteiger partial charge in [0.05, 0.1) is 35.8 Å². The molecule has 1 saturated heterocycles. The zero-order valence-corrected chi connectivity index (χ0v) is 26.7. The lowest BCUT2D eigenvalue weighted by Gasteiger charge is -2.55. The Labute approximate surface area is 281 Å². The van der Waals surface area contributed by atoms with Crippen molar-refractivity contribution in [1.82, 2.24) is 4.90 Å². The highest BCUT2D eigenvalue weighted by Gasteiger charge is 2.66. The summed E-state index contributed by atoms with van der Waals surface area (Å²) in [5.41, 5.74) is 1.25. The summed E-state index contributed by atoms with van der Waals surface area (Å²) in [6, 6.07) is 21.3. The van der Waals surface area contributed by atoms with Crippen molar-refractivity contribution in [2.24, 2.45) is 23.7 Å². The van der Waals surface area contributed by atoms with Gasteiger partial charge in [0.25, 0.3) is 0 Å². The Morgan fingerprint density at radius 3 is 2.33 bits per heavy atom. The molecule has 6 atom stereocenters. The molecule has 1 aliphatic heterocycles. The molecule has 7 rings (SSSR count). The molecule has 10 heteroatoms. The molecule has 2 amide bonds. The van der Waals surface area contributed by atoms with E-state index in [-0.39, 0.29) is 59.5 Å². The molecule has 9 nitrogen and oxygen atoms in total. The van der Waals surface area contributed by atoms with Crippen molar-refractivity contribution in [3.05, 3.63) is 112 Å². The van der Waals surface area contributed by atoms with Gasteiger partial charge < -0.3 is 14.9 Å². The molecule has 0 aromatic heterocycles. The van der Waals surface area contributed by atoms with Gasteiger partial charge in [-0.2, -0.15) is 0 Å². The summed E-state index contributed by atoms with van der Waals surface area (Å²) in [7, 11) is 1.39. The number of nitrogens with zero attached hydrogens (tertiary/aromatic N) is 1. The van der Waals surface area contributed by atoms with Crippen LogP contribution in [0.2, 0.25) is 5.02 Å². The molecule has 244 valence electrons. The van der Waals surface area contributed by atoms with E-state index in [1.807, 2.05) is 42.5 Å². The van der Waals surface area contributed by atoms with E-state index in [9.17, 15) is 29.4 Å². The lowest BCUT2D eigenvalue weighted by atomic mass is 9.44. The van der Waals surface area contributed by atoms with Gasteiger partial charge >= 0.3 is 5.97 Å². The first-order chi connectivity index (χ1) is 23.1. The highest BCUT2D eigenvalue weighted by atomic mass is 35.5. The number of rotatable bonds is 7. The number of phenolic OH excluding ortho intramolecular Hbond substituents is 1. The number of carbonyl (C=O) groups excluding carboxylic acids is 4. The molecule has 3 aromatic carbocycles. The number of amides is 2. The van der Waals surface area contributed by atoms with Gasteiger partial charge in [-0.05, 0) is 53.7 Å². The topological polar surface area (TPSA) is 138 Å². The number of carbonyl (C=O) groups is 5. The molecule has 3 aromatic rings. The van der Waals surface area contributed by atoms with E-state index in [4.69, 9.17) is 16.3 Å². The number of hydrogen-bond acceptors (Lipinski definition) is 7. The molecule has 0 spiro atoms. The molecular weight excluding hydrogens is 634 g/mol. The maximum atomic E-state index is 15.0. The van der Waals surface area contributed by atoms with Gasteiger partial charge in [-0.25, -0.2) is 0 Å². The van der Waals surface area contributed by atoms with E-state index in [0.717, 1.165) is 10.5 Å². The van der Waals surface area contributed by atoms with Crippen LogP contribution < -0.4 is 4.74 Å². The van der Waals surface area contributed by atoms with Crippen LogP contribution in [0.25, 0.3) is 5.57 Å². The van der Waals surface area contributed by atoms with Crippen molar-refractivity contribution >= 4 is 46.5 Å². The van der Waals surface area contributed by atoms with Gasteiger partial charge in [0, 0.05) is 24.0 Å². The number of Topliss-reactive ketones (excluding diaryl/α,β-unsaturated/α-hetero) is 1. The van der Waals surface area contributed by atoms with Crippen LogP contribution in [0.1, 0.15) is 41.9 Å². The third kappa shape index (κ3) is 4.63. The normalized spacial score (nSPS) is 27.9. The fourth-order valence-electron chi connectivity index (χ4n) is 8.66. The second-order valence-corrected chi connectivity index (χ2v) is 13.2. The van der Waals surface area contributed by atoms with E-state index in [1.165, 1.54) is 13.2 Å². The van der Waals surface area contributed by atoms with E-state index in [1.54, 1.807) is 36.4 Å². The first-order valence-electron chi connectivity index (χ1n) is 15.8. The number of methoxy groups -OCH3 is 1. The van der Waals surface area contributed by atoms with Crippen LogP contribution in [-0.4, -0.2) is 58.1 Å². The predicted octanol–water partition coefficient (Wildman–Crippen LogP) is 5.35. The van der Waals surface area contributed by atoms with Crippen LogP contribution in [0.5, 0.6) is 11.5 Å². The van der Waals surface area contributed by atoms with Crippen molar-refractivity contribution in [2.75, 3.05) is 13.7 Å². The summed E-state index contributed by atoms with van der Waals surface area (Å²) < 4.78 is 5.48. The number of carboxylic acids is 1. The maximum absolute atomic E-state index is 15.0. The number of benzene rings is 3. The number of ether oxygens (including phenoxy) is 1. The Balaban J connectivity index is 1.49. The van der Waals surface area contributed by atoms with E-state index < -0.39 is 52.8 Å². The SMILES string of the molecule is COc1cc([C@H]2C3=CC[C@@H]4C(=O)N(CCC(=O)O)C(=O)[C@@H]4[C@@H]3C[C@H]3C(=O)C(c4ccccc4)=CC(=O)[C@@]23c2ccccc2)cc(Cl)c1O. The van der Waals surface area contributed by atoms with Crippen molar-refractivity contribution in [2.45, 2.75) is 30.6 Å². The Bertz CT molecular complexity index is 1940. The molecule has 1 heterocycles. The number of aliphatic carboxylic acids is 1. The Kier molecular flexibility index (Phi) is 7.83. The van der Waals surface area contributed by atoms with Crippen LogP contribution in [0, 0.1) is 23.7 Å². The molecule has 2 fully saturated rings. The third-order valence-corrected chi connectivity index (χ3v) is 10.9. The highest BCUT2D eigenvalue weighted by Crippen LogP contribution is 2.64. The van der Waals surface area contributed by atoms with Gasteiger partial charge in [-0.15, -0.1) is 0 Å². The zero-order valence-electron chi connectivity index (χ0n) is 26.0. The second-order valence-electron chi connectivity index (χ2n) is 12.8. The number of fused-ring (bicyclic) bond motifs is 4. The minimum Gasteiger partial charge on any atom is -0.503 e. The molecular formula is C38H32ClNO8. The first kappa shape index (κ1) is 31.6. The number of hydrogen-bond donors (Lipinski definition) is 2. The van der Waals surface area contributed by atoms with Gasteiger partial charge in [0.2, 0.25) is 11.8 Å². The fraction of sp³-hybridized carbons (Fsp3) is 0.289. The number of likely N-dealkylation sites (tertiary alicyclic amines) is 1. The largest absolute Gasteiger partial charge is 0.503 e. The standard InChI is InChI=1S/C38H32ClNO8/c1-48-29-17-21(16-28(39)35(29)45)33-23-12-13-24-32(37(47)40(36(24)46)15-14-31(42)43)26(23)18-27-34(44)25(20-8-4-2-5-9-20)19-30(41)38(27,33)22-10-6-3-7-11-22/h2-12,16-17,19,24,26-27,32-33,45H,13-15,18H2,1H3,(H,42,43)/t24-,26+,27-,32-,33-,38-/m0/s1. The highest BCUT2D eigenvalue weighted by molar-refractivity contribution is 6.33. The molecule has 2 N–H and O–H groups in total. The summed E-state index contributed by atoms with van der Waals surface area (Å²) in [5, 5.41) is 20.0. The maximum Gasteiger partial charge on any atom is 0.305 e. The minimum atomic E-state index is -1.47. The number of ketones is 2. The average Bonchev–Trinajstić information content (AvgIpc) is 3.34. The summed E-state index contributed by atoms with van der Waals surface area (Å²) in [6.07, 6.45) is 3.27. The molecule has 4 aliphatic rings. The zero-order chi connectivity index (χ0) is 33.9. The van der Waals surface area contributed by atoms with Crippen LogP contribution >= 0.6 is 11.6 Å². The Morgan fingerprint density at radius 2 is 1.67 bits per heavy atom. The number of halogens is 1. The molecule has 0 unspecified atom stereocenters. The van der Waals surface area contributed by atoms with Crippen LogP contribution in [-0.2, 0) is 29.4 Å². The predicted molar refractivity (Wildman–Crippen MR) is 175 cm³/mol. The average molecular weight is 666 g/mol. The summed E-state index contributed by atoms with van der Waals surface area (Å²) in [4.78, 5) is 70.0. The van der Waals surface area contributed by atoms with E-state index in [2.05, 4.69) is 0 Å². The number of imide groups is 1. The lowest BCUT2D eigenvalue weighted by molar-refractivity contribution is -0.142. The molecule has 0 bridgehead atoms. The minimum absolute atomic E-state index is 0.0115. The van der Waals surface area contributed by atoms with Gasteiger partial charge in [-0.3, -0.25) is 28.9 Å². The summed E-state index contributed by atoms with van der Waals surface area (Å²) in [6.45, 7) is -0.244. The summed E-state index contributed by atoms with van der Waals surface area (Å²) in [5.74, 6) is -6.73. The number of aromatic hydroxyl groups is 1. The van der Waals surface area contributed by atoms with Crippen LogP contribution in [0.15, 0.2) is 90.5 Å². The van der Waals surface area contributed by atoms with Crippen molar-refractivity contribution < 1.29 is 38.9 Å². The molecule has 48 heavy (non-hydrogen) atoms.